The first-order valence-corrected chi connectivity index (χ1v) is 6.26. The molecule has 0 aliphatic carbocycles. The van der Waals surface area contributed by atoms with Gasteiger partial charge in [-0.3, -0.25) is 4.79 Å². The highest BCUT2D eigenvalue weighted by Crippen LogP contribution is 2.23. The maximum Gasteiger partial charge on any atom is 0.259 e. The summed E-state index contributed by atoms with van der Waals surface area (Å²) in [5.41, 5.74) is 6.40. The van der Waals surface area contributed by atoms with Gasteiger partial charge in [0.05, 0.1) is 21.9 Å². The maximum absolute atomic E-state index is 13.8. The molecule has 1 heterocycles. The van der Waals surface area contributed by atoms with E-state index in [1.807, 2.05) is 0 Å². The van der Waals surface area contributed by atoms with Gasteiger partial charge in [-0.25, -0.2) is 9.37 Å². The molecule has 2 aromatic rings. The van der Waals surface area contributed by atoms with Crippen LogP contribution in [0.1, 0.15) is 15.9 Å². The van der Waals surface area contributed by atoms with E-state index in [1.165, 1.54) is 12.3 Å². The van der Waals surface area contributed by atoms with Gasteiger partial charge < -0.3 is 11.1 Å². The van der Waals surface area contributed by atoms with Crippen molar-refractivity contribution < 1.29 is 9.18 Å². The number of benzene rings is 1. The summed E-state index contributed by atoms with van der Waals surface area (Å²) >= 11 is 3.23. The number of nitrogen functional groups attached to an aromatic ring is 1. The fraction of sp³-hybridized carbons (Fsp3) is 0.0769. The SMILES string of the molecule is Cc1cccc(C(=O)Nc2ncc(N)cc2Br)c1F. The Bertz CT molecular complexity index is 646. The van der Waals surface area contributed by atoms with E-state index in [2.05, 4.69) is 26.2 Å². The first-order valence-electron chi connectivity index (χ1n) is 5.46. The number of nitrogens with zero attached hydrogens (tertiary/aromatic N) is 1. The van der Waals surface area contributed by atoms with Crippen LogP contribution in [0.25, 0.3) is 0 Å². The van der Waals surface area contributed by atoms with Gasteiger partial charge in [-0.05, 0) is 40.5 Å². The average molecular weight is 324 g/mol. The van der Waals surface area contributed by atoms with Crippen LogP contribution in [0, 0.1) is 12.7 Å². The molecule has 2 rings (SSSR count). The van der Waals surface area contributed by atoms with Crippen LogP contribution in [-0.4, -0.2) is 10.9 Å². The highest BCUT2D eigenvalue weighted by molar-refractivity contribution is 9.10. The van der Waals surface area contributed by atoms with E-state index < -0.39 is 11.7 Å². The summed E-state index contributed by atoms with van der Waals surface area (Å²) in [7, 11) is 0. The molecular weight excluding hydrogens is 313 g/mol. The molecule has 0 spiro atoms. The van der Waals surface area contributed by atoms with Crippen molar-refractivity contribution >= 4 is 33.3 Å². The molecule has 0 bridgehead atoms. The van der Waals surface area contributed by atoms with Crippen LogP contribution in [0.4, 0.5) is 15.9 Å². The molecule has 0 atom stereocenters. The zero-order valence-corrected chi connectivity index (χ0v) is 11.7. The van der Waals surface area contributed by atoms with Crippen molar-refractivity contribution in [3.05, 3.63) is 51.9 Å². The fourth-order valence-corrected chi connectivity index (χ4v) is 2.01. The summed E-state index contributed by atoms with van der Waals surface area (Å²) in [6.07, 6.45) is 1.41. The molecule has 0 aliphatic heterocycles. The lowest BCUT2D eigenvalue weighted by Gasteiger charge is -2.08. The van der Waals surface area contributed by atoms with Gasteiger partial charge in [0.15, 0.2) is 0 Å². The van der Waals surface area contributed by atoms with Crippen molar-refractivity contribution in [1.29, 1.82) is 0 Å². The maximum atomic E-state index is 13.8. The zero-order valence-electron chi connectivity index (χ0n) is 10.1. The summed E-state index contributed by atoms with van der Waals surface area (Å²) in [5, 5.41) is 2.53. The number of anilines is 2. The number of rotatable bonds is 2. The molecule has 0 unspecified atom stereocenters. The molecule has 6 heteroatoms. The molecule has 0 fully saturated rings. The summed E-state index contributed by atoms with van der Waals surface area (Å²) in [6.45, 7) is 1.60. The predicted molar refractivity (Wildman–Crippen MR) is 75.4 cm³/mol. The van der Waals surface area contributed by atoms with Crippen LogP contribution in [0.15, 0.2) is 34.9 Å². The van der Waals surface area contributed by atoms with Gasteiger partial charge in [0, 0.05) is 0 Å². The quantitative estimate of drug-likeness (QED) is 0.892. The normalized spacial score (nSPS) is 10.3. The topological polar surface area (TPSA) is 68.0 Å². The fourth-order valence-electron chi connectivity index (χ4n) is 1.54. The van der Waals surface area contributed by atoms with E-state index in [0.717, 1.165) is 0 Å². The standard InChI is InChI=1S/C13H11BrFN3O/c1-7-3-2-4-9(11(7)15)13(19)18-12-10(14)5-8(16)6-17-12/h2-6H,16H2,1H3,(H,17,18,19). The van der Waals surface area contributed by atoms with E-state index in [0.29, 0.717) is 21.5 Å². The van der Waals surface area contributed by atoms with Crippen LogP contribution < -0.4 is 11.1 Å². The molecule has 0 saturated carbocycles. The summed E-state index contributed by atoms with van der Waals surface area (Å²) in [6, 6.07) is 6.25. The Hall–Kier alpha value is -1.95. The molecule has 0 aliphatic rings. The molecular formula is C13H11BrFN3O. The summed E-state index contributed by atoms with van der Waals surface area (Å²) < 4.78 is 14.3. The van der Waals surface area contributed by atoms with Crippen LogP contribution in [0.3, 0.4) is 0 Å². The number of hydrogen-bond donors (Lipinski definition) is 2. The Balaban J connectivity index is 2.28. The van der Waals surface area contributed by atoms with Gasteiger partial charge in [0.25, 0.3) is 5.91 Å². The Morgan fingerprint density at radius 2 is 2.21 bits per heavy atom. The van der Waals surface area contributed by atoms with Gasteiger partial charge in [0.2, 0.25) is 0 Å². The minimum atomic E-state index is -0.556. The van der Waals surface area contributed by atoms with Crippen molar-refractivity contribution in [3.8, 4) is 0 Å². The Morgan fingerprint density at radius 3 is 2.89 bits per heavy atom. The minimum Gasteiger partial charge on any atom is -0.397 e. The van der Waals surface area contributed by atoms with Crippen molar-refractivity contribution in [2.45, 2.75) is 6.92 Å². The third kappa shape index (κ3) is 2.90. The van der Waals surface area contributed by atoms with Gasteiger partial charge >= 0.3 is 0 Å². The Morgan fingerprint density at radius 1 is 1.47 bits per heavy atom. The van der Waals surface area contributed by atoms with Crippen LogP contribution >= 0.6 is 15.9 Å². The molecule has 0 radical (unpaired) electrons. The van der Waals surface area contributed by atoms with Gasteiger partial charge in [0.1, 0.15) is 11.6 Å². The molecule has 4 nitrogen and oxygen atoms in total. The lowest BCUT2D eigenvalue weighted by atomic mass is 10.1. The number of amides is 1. The van der Waals surface area contributed by atoms with Crippen molar-refractivity contribution in [2.75, 3.05) is 11.1 Å². The molecule has 0 saturated heterocycles. The van der Waals surface area contributed by atoms with E-state index in [4.69, 9.17) is 5.73 Å². The number of carbonyl (C=O) groups is 1. The van der Waals surface area contributed by atoms with Gasteiger partial charge in [-0.1, -0.05) is 12.1 Å². The van der Waals surface area contributed by atoms with Crippen molar-refractivity contribution in [2.24, 2.45) is 0 Å². The third-order valence-corrected chi connectivity index (χ3v) is 3.14. The highest BCUT2D eigenvalue weighted by Gasteiger charge is 2.15. The number of hydrogen-bond acceptors (Lipinski definition) is 3. The second-order valence-electron chi connectivity index (χ2n) is 3.99. The average Bonchev–Trinajstić information content (AvgIpc) is 2.36. The van der Waals surface area contributed by atoms with Crippen LogP contribution in [-0.2, 0) is 0 Å². The zero-order chi connectivity index (χ0) is 14.0. The first-order chi connectivity index (χ1) is 8.99. The van der Waals surface area contributed by atoms with Crippen LogP contribution in [0.5, 0.6) is 0 Å². The second-order valence-corrected chi connectivity index (χ2v) is 4.84. The predicted octanol–water partition coefficient (Wildman–Crippen LogP) is 3.13. The van der Waals surface area contributed by atoms with E-state index in [9.17, 15) is 9.18 Å². The lowest BCUT2D eigenvalue weighted by Crippen LogP contribution is -2.15. The van der Waals surface area contributed by atoms with Crippen molar-refractivity contribution in [1.82, 2.24) is 4.98 Å². The van der Waals surface area contributed by atoms with E-state index in [1.54, 1.807) is 25.1 Å². The lowest BCUT2D eigenvalue weighted by molar-refractivity contribution is 0.102. The molecule has 1 amide bonds. The number of pyridine rings is 1. The Kier molecular flexibility index (Phi) is 3.80. The highest BCUT2D eigenvalue weighted by atomic mass is 79.9. The number of carbonyl (C=O) groups excluding carboxylic acids is 1. The minimum absolute atomic E-state index is 0.0227. The summed E-state index contributed by atoms with van der Waals surface area (Å²) in [4.78, 5) is 16.0. The monoisotopic (exact) mass is 323 g/mol. The number of nitrogens with two attached hydrogens (primary N) is 1. The molecule has 1 aromatic carbocycles. The largest absolute Gasteiger partial charge is 0.397 e. The number of aromatic nitrogens is 1. The smallest absolute Gasteiger partial charge is 0.259 e. The number of nitrogens with one attached hydrogen (secondary N) is 1. The second kappa shape index (κ2) is 5.36. The third-order valence-electron chi connectivity index (χ3n) is 2.53. The Labute approximate surface area is 118 Å². The molecule has 19 heavy (non-hydrogen) atoms. The number of halogens is 2. The molecule has 98 valence electrons. The summed E-state index contributed by atoms with van der Waals surface area (Å²) in [5.74, 6) is -0.800. The first kappa shape index (κ1) is 13.5. The number of aryl methyl sites for hydroxylation is 1. The van der Waals surface area contributed by atoms with Crippen molar-refractivity contribution in [3.63, 3.8) is 0 Å². The molecule has 1 aromatic heterocycles. The van der Waals surface area contributed by atoms with Gasteiger partial charge in [-0.15, -0.1) is 0 Å². The molecule has 3 N–H and O–H groups in total. The van der Waals surface area contributed by atoms with E-state index in [-0.39, 0.29) is 5.56 Å². The van der Waals surface area contributed by atoms with E-state index >= 15 is 0 Å². The van der Waals surface area contributed by atoms with Gasteiger partial charge in [-0.2, -0.15) is 0 Å². The van der Waals surface area contributed by atoms with Crippen LogP contribution in [0.2, 0.25) is 0 Å².